The Morgan fingerprint density at radius 2 is 1.56 bits per heavy atom. The van der Waals surface area contributed by atoms with Crippen LogP contribution in [0.25, 0.3) is 22.2 Å². The van der Waals surface area contributed by atoms with E-state index in [1.54, 1.807) is 54.6 Å². The molecular formula is C35H29ClN2O5. The van der Waals surface area contributed by atoms with Crippen molar-refractivity contribution in [2.24, 2.45) is 11.8 Å². The number of pyridine rings is 1. The second-order valence-electron chi connectivity index (χ2n) is 11.1. The lowest BCUT2D eigenvalue weighted by Gasteiger charge is -2.16. The fraction of sp³-hybridized carbons (Fsp3) is 0.229. The van der Waals surface area contributed by atoms with Crippen LogP contribution in [0.15, 0.2) is 72.8 Å². The third-order valence-corrected chi connectivity index (χ3v) is 8.89. The molecule has 7 nitrogen and oxygen atoms in total. The number of carbonyl (C=O) groups is 4. The fourth-order valence-electron chi connectivity index (χ4n) is 5.76. The van der Waals surface area contributed by atoms with Crippen molar-refractivity contribution in [1.82, 2.24) is 4.98 Å². The van der Waals surface area contributed by atoms with Crippen LogP contribution in [0.5, 0.6) is 0 Å². The number of hydrogen-bond acceptors (Lipinski definition) is 6. The summed E-state index contributed by atoms with van der Waals surface area (Å²) in [5.41, 5.74) is 5.65. The van der Waals surface area contributed by atoms with Crippen LogP contribution in [0.4, 0.5) is 5.69 Å². The number of ether oxygens (including phenoxy) is 1. The van der Waals surface area contributed by atoms with E-state index in [0.29, 0.717) is 56.8 Å². The van der Waals surface area contributed by atoms with Gasteiger partial charge in [-0.05, 0) is 80.6 Å². The molecule has 3 aromatic carbocycles. The summed E-state index contributed by atoms with van der Waals surface area (Å²) < 4.78 is 5.50. The summed E-state index contributed by atoms with van der Waals surface area (Å²) in [6.07, 6.45) is 5.06. The first-order valence-corrected chi connectivity index (χ1v) is 14.5. The van der Waals surface area contributed by atoms with E-state index in [1.165, 1.54) is 4.90 Å². The first-order valence-electron chi connectivity index (χ1n) is 14.1. The molecule has 0 saturated carbocycles. The molecule has 0 bridgehead atoms. The molecule has 216 valence electrons. The van der Waals surface area contributed by atoms with Crippen molar-refractivity contribution in [3.05, 3.63) is 106 Å². The Morgan fingerprint density at radius 1 is 0.884 bits per heavy atom. The predicted octanol–water partition coefficient (Wildman–Crippen LogP) is 6.98. The van der Waals surface area contributed by atoms with Crippen molar-refractivity contribution in [3.8, 4) is 11.3 Å². The highest BCUT2D eigenvalue weighted by Crippen LogP contribution is 2.38. The second kappa shape index (κ2) is 11.2. The van der Waals surface area contributed by atoms with E-state index in [9.17, 15) is 19.2 Å². The number of fused-ring (bicyclic) bond motifs is 2. The number of allylic oxidation sites excluding steroid dienone is 2. The molecular weight excluding hydrogens is 564 g/mol. The molecule has 2 aliphatic rings. The van der Waals surface area contributed by atoms with E-state index in [-0.39, 0.29) is 35.0 Å². The topological polar surface area (TPSA) is 93.6 Å². The smallest absolute Gasteiger partial charge is 0.339 e. The van der Waals surface area contributed by atoms with Gasteiger partial charge in [0.2, 0.25) is 11.8 Å². The minimum Gasteiger partial charge on any atom is -0.454 e. The molecule has 0 spiro atoms. The fourth-order valence-corrected chi connectivity index (χ4v) is 5.92. The lowest BCUT2D eigenvalue weighted by Crippen LogP contribution is -2.30. The minimum absolute atomic E-state index is 0.179. The van der Waals surface area contributed by atoms with Gasteiger partial charge in [-0.2, -0.15) is 0 Å². The Labute approximate surface area is 254 Å². The first-order chi connectivity index (χ1) is 20.6. The normalized spacial score (nSPS) is 17.8. The van der Waals surface area contributed by atoms with Gasteiger partial charge in [-0.3, -0.25) is 19.3 Å². The standard InChI is InChI=1S/C35H29ClN2O5/c1-19-8-9-23(16-20(19)2)31(39)18-43-35(42)28-17-30(37-32-21(3)29(36)15-14-25(28)32)22-10-12-24(13-11-22)38-33(40)26-6-4-5-7-27(26)34(38)41/h4-5,8-17,26-27H,6-7,18H2,1-3H3. The number of benzene rings is 3. The van der Waals surface area contributed by atoms with Crippen molar-refractivity contribution >= 4 is 51.8 Å². The van der Waals surface area contributed by atoms with Gasteiger partial charge < -0.3 is 4.74 Å². The number of aryl methyl sites for hydroxylation is 3. The minimum atomic E-state index is -0.659. The Hall–Kier alpha value is -4.62. The van der Waals surface area contributed by atoms with Gasteiger partial charge in [0, 0.05) is 21.5 Å². The maximum absolute atomic E-state index is 13.4. The average molecular weight is 593 g/mol. The van der Waals surface area contributed by atoms with Crippen LogP contribution >= 0.6 is 11.6 Å². The van der Waals surface area contributed by atoms with Gasteiger partial charge in [0.05, 0.1) is 34.3 Å². The third-order valence-electron chi connectivity index (χ3n) is 8.48. The molecule has 1 aliphatic heterocycles. The molecule has 1 aliphatic carbocycles. The molecule has 6 rings (SSSR count). The lowest BCUT2D eigenvalue weighted by molar-refractivity contribution is -0.122. The van der Waals surface area contributed by atoms with Gasteiger partial charge in [0.1, 0.15) is 0 Å². The Bertz CT molecular complexity index is 1830. The summed E-state index contributed by atoms with van der Waals surface area (Å²) in [7, 11) is 0. The van der Waals surface area contributed by atoms with Crippen molar-refractivity contribution < 1.29 is 23.9 Å². The van der Waals surface area contributed by atoms with Gasteiger partial charge in [0.25, 0.3) is 0 Å². The Balaban J connectivity index is 1.30. The Kier molecular flexibility index (Phi) is 7.44. The van der Waals surface area contributed by atoms with E-state index < -0.39 is 12.6 Å². The van der Waals surface area contributed by atoms with Crippen LogP contribution in [0.3, 0.4) is 0 Å². The van der Waals surface area contributed by atoms with Crippen LogP contribution in [0.2, 0.25) is 5.02 Å². The maximum atomic E-state index is 13.4. The van der Waals surface area contributed by atoms with Gasteiger partial charge in [-0.15, -0.1) is 0 Å². The number of aromatic nitrogens is 1. The zero-order chi connectivity index (χ0) is 30.4. The number of Topliss-reactive ketones (excluding diaryl/α,β-unsaturated/α-hetero) is 1. The molecule has 0 radical (unpaired) electrons. The summed E-state index contributed by atoms with van der Waals surface area (Å²) in [6, 6.07) is 17.4. The van der Waals surface area contributed by atoms with Crippen LogP contribution < -0.4 is 4.90 Å². The summed E-state index contributed by atoms with van der Waals surface area (Å²) in [5.74, 6) is -1.95. The number of imide groups is 1. The summed E-state index contributed by atoms with van der Waals surface area (Å²) >= 11 is 6.41. The number of carbonyl (C=O) groups excluding carboxylic acids is 4. The van der Waals surface area contributed by atoms with E-state index >= 15 is 0 Å². The van der Waals surface area contributed by atoms with Crippen LogP contribution in [-0.4, -0.2) is 35.2 Å². The number of rotatable bonds is 6. The molecule has 4 aromatic rings. The number of ketones is 1. The van der Waals surface area contributed by atoms with E-state index in [4.69, 9.17) is 21.3 Å². The third kappa shape index (κ3) is 5.14. The predicted molar refractivity (Wildman–Crippen MR) is 165 cm³/mol. The number of esters is 1. The summed E-state index contributed by atoms with van der Waals surface area (Å²) in [6.45, 7) is 5.30. The number of halogens is 1. The molecule has 0 N–H and O–H groups in total. The Morgan fingerprint density at radius 3 is 2.21 bits per heavy atom. The summed E-state index contributed by atoms with van der Waals surface area (Å²) in [5, 5.41) is 1.05. The lowest BCUT2D eigenvalue weighted by atomic mass is 9.85. The van der Waals surface area contributed by atoms with Crippen LogP contribution in [0, 0.1) is 32.6 Å². The SMILES string of the molecule is Cc1ccc(C(=O)COC(=O)c2cc(-c3ccc(N4C(=O)C5CC=CCC5C4=O)cc3)nc3c(C)c(Cl)ccc23)cc1C. The molecule has 2 unspecified atom stereocenters. The van der Waals surface area contributed by atoms with Gasteiger partial charge in [-0.1, -0.05) is 54.1 Å². The average Bonchev–Trinajstić information content (AvgIpc) is 3.27. The summed E-state index contributed by atoms with van der Waals surface area (Å²) in [4.78, 5) is 58.4. The van der Waals surface area contributed by atoms with Gasteiger partial charge in [-0.25, -0.2) is 9.78 Å². The number of amides is 2. The van der Waals surface area contributed by atoms with E-state index in [0.717, 1.165) is 11.1 Å². The molecule has 2 amide bonds. The van der Waals surface area contributed by atoms with Crippen molar-refractivity contribution in [1.29, 1.82) is 0 Å². The van der Waals surface area contributed by atoms with Crippen molar-refractivity contribution in [2.45, 2.75) is 33.6 Å². The largest absolute Gasteiger partial charge is 0.454 e. The van der Waals surface area contributed by atoms with E-state index in [2.05, 4.69) is 0 Å². The molecule has 43 heavy (non-hydrogen) atoms. The van der Waals surface area contributed by atoms with Crippen molar-refractivity contribution in [3.63, 3.8) is 0 Å². The van der Waals surface area contributed by atoms with Gasteiger partial charge >= 0.3 is 5.97 Å². The van der Waals surface area contributed by atoms with Gasteiger partial charge in [0.15, 0.2) is 12.4 Å². The maximum Gasteiger partial charge on any atom is 0.339 e. The highest BCUT2D eigenvalue weighted by atomic mass is 35.5. The van der Waals surface area contributed by atoms with Crippen molar-refractivity contribution in [2.75, 3.05) is 11.5 Å². The quantitative estimate of drug-likeness (QED) is 0.104. The highest BCUT2D eigenvalue weighted by molar-refractivity contribution is 6.32. The number of hydrogen-bond donors (Lipinski definition) is 0. The zero-order valence-electron chi connectivity index (χ0n) is 24.0. The molecule has 1 fully saturated rings. The molecule has 1 aromatic heterocycles. The first kappa shape index (κ1) is 28.5. The van der Waals surface area contributed by atoms with E-state index in [1.807, 2.05) is 39.0 Å². The molecule has 2 atom stereocenters. The van der Waals surface area contributed by atoms with Crippen LogP contribution in [-0.2, 0) is 14.3 Å². The van der Waals surface area contributed by atoms with Crippen LogP contribution in [0.1, 0.15) is 50.2 Å². The number of anilines is 1. The molecule has 2 heterocycles. The monoisotopic (exact) mass is 592 g/mol. The molecule has 1 saturated heterocycles. The zero-order valence-corrected chi connectivity index (χ0v) is 24.8. The second-order valence-corrected chi connectivity index (χ2v) is 11.5. The molecule has 8 heteroatoms. The highest BCUT2D eigenvalue weighted by Gasteiger charge is 2.47. The number of nitrogens with zero attached hydrogens (tertiary/aromatic N) is 2.